The molecular weight excluding hydrogens is 464 g/mol. The van der Waals surface area contributed by atoms with E-state index in [4.69, 9.17) is 5.73 Å². The topological polar surface area (TPSA) is 109 Å². The average molecular weight is 491 g/mol. The van der Waals surface area contributed by atoms with E-state index in [1.807, 2.05) is 85.8 Å². The van der Waals surface area contributed by atoms with Gasteiger partial charge in [-0.15, -0.1) is 0 Å². The lowest BCUT2D eigenvalue weighted by molar-refractivity contribution is -0.144. The highest BCUT2D eigenvalue weighted by Crippen LogP contribution is 2.46. The van der Waals surface area contributed by atoms with E-state index in [0.29, 0.717) is 28.0 Å². The van der Waals surface area contributed by atoms with Crippen LogP contribution in [0.2, 0.25) is 0 Å². The number of carbonyl (C=O) groups is 2. The predicted octanol–water partition coefficient (Wildman–Crippen LogP) is 5.48. The molecule has 0 bridgehead atoms. The molecule has 0 aliphatic rings. The Labute approximate surface area is 214 Å². The third kappa shape index (κ3) is 4.25. The third-order valence-electron chi connectivity index (χ3n) is 6.69. The zero-order valence-electron chi connectivity index (χ0n) is 20.3. The third-order valence-corrected chi connectivity index (χ3v) is 6.69. The number of para-hydroxylation sites is 2. The fourth-order valence-electron chi connectivity index (χ4n) is 4.95. The van der Waals surface area contributed by atoms with E-state index in [9.17, 15) is 14.7 Å². The Hall–Kier alpha value is -4.78. The van der Waals surface area contributed by atoms with Crippen molar-refractivity contribution in [1.82, 2.24) is 9.97 Å². The van der Waals surface area contributed by atoms with Gasteiger partial charge in [-0.3, -0.25) is 14.8 Å². The van der Waals surface area contributed by atoms with E-state index in [2.05, 4.69) is 9.97 Å². The van der Waals surface area contributed by atoms with Crippen molar-refractivity contribution in [2.75, 3.05) is 4.90 Å². The van der Waals surface area contributed by atoms with Gasteiger partial charge < -0.3 is 15.7 Å². The van der Waals surface area contributed by atoms with Gasteiger partial charge in [0.25, 0.3) is 0 Å². The number of nitrogens with two attached hydrogens (primary N) is 1. The van der Waals surface area contributed by atoms with Crippen molar-refractivity contribution in [3.8, 4) is 0 Å². The maximum Gasteiger partial charge on any atom is 0.334 e. The van der Waals surface area contributed by atoms with Gasteiger partial charge in [-0.25, -0.2) is 4.79 Å². The van der Waals surface area contributed by atoms with Crippen LogP contribution < -0.4 is 10.6 Å². The minimum Gasteiger partial charge on any atom is -0.479 e. The first-order valence-corrected chi connectivity index (χ1v) is 12.0. The van der Waals surface area contributed by atoms with E-state index in [-0.39, 0.29) is 12.8 Å². The summed E-state index contributed by atoms with van der Waals surface area (Å²) in [4.78, 5) is 36.7. The van der Waals surface area contributed by atoms with E-state index in [1.54, 1.807) is 23.4 Å². The van der Waals surface area contributed by atoms with Crippen LogP contribution in [0.5, 0.6) is 0 Å². The normalized spacial score (nSPS) is 12.8. The van der Waals surface area contributed by atoms with Crippen molar-refractivity contribution in [1.29, 1.82) is 0 Å². The number of aliphatic carboxylic acids is 1. The van der Waals surface area contributed by atoms with Crippen molar-refractivity contribution in [3.63, 3.8) is 0 Å². The molecule has 0 fully saturated rings. The fourth-order valence-corrected chi connectivity index (χ4v) is 4.95. The Morgan fingerprint density at radius 3 is 2.08 bits per heavy atom. The van der Waals surface area contributed by atoms with Crippen LogP contribution in [0, 0.1) is 6.92 Å². The van der Waals surface area contributed by atoms with Crippen LogP contribution in [-0.4, -0.2) is 27.0 Å². The Balaban J connectivity index is 1.92. The highest BCUT2D eigenvalue weighted by molar-refractivity contribution is 6.00. The Morgan fingerprint density at radius 2 is 1.43 bits per heavy atom. The number of benzene rings is 3. The summed E-state index contributed by atoms with van der Waals surface area (Å²) >= 11 is 0. The van der Waals surface area contributed by atoms with Crippen molar-refractivity contribution in [3.05, 3.63) is 108 Å². The number of rotatable bonds is 8. The Morgan fingerprint density at radius 1 is 0.838 bits per heavy atom. The molecule has 3 aromatic carbocycles. The number of primary amides is 1. The molecule has 184 valence electrons. The molecule has 2 aromatic heterocycles. The number of hydrogen-bond donors (Lipinski definition) is 2. The average Bonchev–Trinajstić information content (AvgIpc) is 2.91. The largest absolute Gasteiger partial charge is 0.479 e. The summed E-state index contributed by atoms with van der Waals surface area (Å²) in [6.45, 7) is 1.97. The summed E-state index contributed by atoms with van der Waals surface area (Å²) in [7, 11) is 0. The first-order valence-electron chi connectivity index (χ1n) is 12.0. The standard InChI is InChI=1S/C30H26N4O3/c1-20-12-14-23(15-13-20)34(25-11-3-7-22-9-5-19-33-28(22)25)30(29(36)37,17-16-26(31)35)24-10-2-6-21-8-4-18-32-27(21)24/h2-15,18-19H,16-17H2,1H3,(H2,31,35)(H,36,37). The van der Waals surface area contributed by atoms with E-state index >= 15 is 0 Å². The number of aryl methyl sites for hydroxylation is 1. The number of anilines is 2. The maximum atomic E-state index is 13.6. The SMILES string of the molecule is Cc1ccc(N(c2cccc3cccnc23)C(CCC(N)=O)(C(=O)O)c2cccc3cccnc23)cc1. The number of carboxylic acid groups (broad SMARTS) is 1. The number of carboxylic acids is 1. The molecule has 7 nitrogen and oxygen atoms in total. The van der Waals surface area contributed by atoms with Gasteiger partial charge >= 0.3 is 5.97 Å². The van der Waals surface area contributed by atoms with Crippen LogP contribution >= 0.6 is 0 Å². The van der Waals surface area contributed by atoms with E-state index in [1.165, 1.54) is 0 Å². The second-order valence-electron chi connectivity index (χ2n) is 9.04. The maximum absolute atomic E-state index is 13.6. The van der Waals surface area contributed by atoms with Gasteiger partial charge in [-0.2, -0.15) is 0 Å². The van der Waals surface area contributed by atoms with Crippen LogP contribution in [0.15, 0.2) is 97.3 Å². The minimum absolute atomic E-state index is 0.0789. The number of amides is 1. The summed E-state index contributed by atoms with van der Waals surface area (Å²) in [6, 6.07) is 26.3. The monoisotopic (exact) mass is 490 g/mol. The minimum atomic E-state index is -1.73. The van der Waals surface area contributed by atoms with E-state index in [0.717, 1.165) is 16.3 Å². The van der Waals surface area contributed by atoms with Crippen LogP contribution in [0.1, 0.15) is 24.0 Å². The lowest BCUT2D eigenvalue weighted by Gasteiger charge is -2.43. The van der Waals surface area contributed by atoms with Crippen molar-refractivity contribution in [2.45, 2.75) is 25.3 Å². The van der Waals surface area contributed by atoms with Gasteiger partial charge in [-0.05, 0) is 43.7 Å². The molecule has 5 rings (SSSR count). The van der Waals surface area contributed by atoms with Crippen LogP contribution in [0.4, 0.5) is 11.4 Å². The van der Waals surface area contributed by atoms with Crippen molar-refractivity contribution >= 4 is 45.1 Å². The summed E-state index contributed by atoms with van der Waals surface area (Å²) < 4.78 is 0. The molecule has 7 heteroatoms. The fraction of sp³-hybridized carbons (Fsp3) is 0.133. The van der Waals surface area contributed by atoms with Gasteiger partial charge in [-0.1, -0.05) is 60.2 Å². The molecule has 2 heterocycles. The number of fused-ring (bicyclic) bond motifs is 2. The smallest absolute Gasteiger partial charge is 0.334 e. The number of nitrogens with zero attached hydrogens (tertiary/aromatic N) is 3. The first-order chi connectivity index (χ1) is 17.9. The van der Waals surface area contributed by atoms with Gasteiger partial charge in [0.15, 0.2) is 5.54 Å². The second kappa shape index (κ2) is 9.70. The molecule has 0 saturated heterocycles. The van der Waals surface area contributed by atoms with Crippen LogP contribution in [-0.2, 0) is 15.1 Å². The molecule has 3 N–H and O–H groups in total. The molecule has 0 spiro atoms. The second-order valence-corrected chi connectivity index (χ2v) is 9.04. The van der Waals surface area contributed by atoms with Crippen LogP contribution in [0.25, 0.3) is 21.8 Å². The highest BCUT2D eigenvalue weighted by Gasteiger charge is 2.49. The summed E-state index contributed by atoms with van der Waals surface area (Å²) in [5.74, 6) is -1.71. The number of carbonyl (C=O) groups excluding carboxylic acids is 1. The van der Waals surface area contributed by atoms with Gasteiger partial charge in [0.2, 0.25) is 5.91 Å². The van der Waals surface area contributed by atoms with Crippen molar-refractivity contribution < 1.29 is 14.7 Å². The van der Waals surface area contributed by atoms with Crippen LogP contribution in [0.3, 0.4) is 0 Å². The summed E-state index contributed by atoms with van der Waals surface area (Å²) in [6.07, 6.45) is 3.10. The first kappa shape index (κ1) is 23.9. The molecule has 0 saturated carbocycles. The lowest BCUT2D eigenvalue weighted by Crippen LogP contribution is -2.51. The Kier molecular flexibility index (Phi) is 6.27. The molecule has 37 heavy (non-hydrogen) atoms. The van der Waals surface area contributed by atoms with Crippen molar-refractivity contribution in [2.24, 2.45) is 5.73 Å². The van der Waals surface area contributed by atoms with Gasteiger partial charge in [0.05, 0.1) is 16.7 Å². The molecule has 0 aliphatic heterocycles. The highest BCUT2D eigenvalue weighted by atomic mass is 16.4. The molecular formula is C30H26N4O3. The lowest BCUT2D eigenvalue weighted by atomic mass is 9.80. The summed E-state index contributed by atoms with van der Waals surface area (Å²) in [5.41, 5.74) is 7.79. The Bertz CT molecular complexity index is 1610. The molecule has 1 unspecified atom stereocenters. The number of hydrogen-bond acceptors (Lipinski definition) is 5. The zero-order chi connectivity index (χ0) is 26.0. The molecule has 0 radical (unpaired) electrons. The number of pyridine rings is 2. The van der Waals surface area contributed by atoms with Gasteiger partial charge in [0.1, 0.15) is 0 Å². The zero-order valence-corrected chi connectivity index (χ0v) is 20.3. The summed E-state index contributed by atoms with van der Waals surface area (Å²) in [5, 5.41) is 12.8. The molecule has 1 atom stereocenters. The molecule has 0 aliphatic carbocycles. The van der Waals surface area contributed by atoms with Gasteiger partial charge in [0, 0.05) is 40.8 Å². The van der Waals surface area contributed by atoms with E-state index < -0.39 is 17.4 Å². The quantitative estimate of drug-likeness (QED) is 0.298. The molecule has 1 amide bonds. The number of aromatic nitrogens is 2. The predicted molar refractivity (Wildman–Crippen MR) is 145 cm³/mol. The molecule has 5 aromatic rings.